The highest BCUT2D eigenvalue weighted by atomic mass is 79.9. The number of likely N-dealkylation sites (N-methyl/N-ethyl adjacent to an activating group) is 1. The Kier molecular flexibility index (Phi) is 3.65. The molecule has 2 nitrogen and oxygen atoms in total. The molecule has 1 atom stereocenters. The maximum absolute atomic E-state index is 3.58. The van der Waals surface area contributed by atoms with Crippen LogP contribution in [0.1, 0.15) is 12.8 Å². The van der Waals surface area contributed by atoms with Crippen molar-refractivity contribution in [3.63, 3.8) is 0 Å². The molecular weight excluding hydrogens is 252 g/mol. The molecule has 0 aromatic heterocycles. The van der Waals surface area contributed by atoms with Crippen LogP contribution in [0.3, 0.4) is 0 Å². The molecule has 0 spiro atoms. The van der Waals surface area contributed by atoms with Crippen molar-refractivity contribution in [1.29, 1.82) is 0 Å². The summed E-state index contributed by atoms with van der Waals surface area (Å²) >= 11 is 3.44. The van der Waals surface area contributed by atoms with Gasteiger partial charge in [-0.15, -0.1) is 0 Å². The molecule has 0 bridgehead atoms. The number of nitrogens with one attached hydrogen (secondary N) is 1. The minimum Gasteiger partial charge on any atom is -0.381 e. The molecule has 1 aliphatic rings. The predicted molar refractivity (Wildman–Crippen MR) is 68.3 cm³/mol. The topological polar surface area (TPSA) is 15.3 Å². The Bertz CT molecular complexity index is 310. The Hall–Kier alpha value is -0.540. The largest absolute Gasteiger partial charge is 0.381 e. The lowest BCUT2D eigenvalue weighted by Gasteiger charge is -2.30. The lowest BCUT2D eigenvalue weighted by molar-refractivity contribution is 0.261. The fraction of sp³-hybridized carbons (Fsp3) is 0.500. The van der Waals surface area contributed by atoms with Gasteiger partial charge in [-0.3, -0.25) is 0 Å². The van der Waals surface area contributed by atoms with Crippen LogP contribution in [-0.2, 0) is 0 Å². The number of nitrogens with zero attached hydrogens (tertiary/aromatic N) is 1. The van der Waals surface area contributed by atoms with Gasteiger partial charge in [-0.1, -0.05) is 15.9 Å². The smallest absolute Gasteiger partial charge is 0.0388 e. The highest BCUT2D eigenvalue weighted by Gasteiger charge is 2.16. The van der Waals surface area contributed by atoms with E-state index in [0.29, 0.717) is 6.04 Å². The average molecular weight is 269 g/mol. The van der Waals surface area contributed by atoms with Gasteiger partial charge in [-0.05, 0) is 50.7 Å². The summed E-state index contributed by atoms with van der Waals surface area (Å²) < 4.78 is 1.13. The number of piperidine rings is 1. The summed E-state index contributed by atoms with van der Waals surface area (Å²) in [7, 11) is 2.19. The van der Waals surface area contributed by atoms with Crippen molar-refractivity contribution >= 4 is 21.6 Å². The third-order valence-electron chi connectivity index (χ3n) is 2.84. The van der Waals surface area contributed by atoms with Gasteiger partial charge in [-0.25, -0.2) is 0 Å². The number of likely N-dealkylation sites (tertiary alicyclic amines) is 1. The summed E-state index contributed by atoms with van der Waals surface area (Å²) in [5.41, 5.74) is 1.22. The van der Waals surface area contributed by atoms with Gasteiger partial charge in [-0.2, -0.15) is 0 Å². The van der Waals surface area contributed by atoms with Crippen LogP contribution in [0, 0.1) is 0 Å². The van der Waals surface area contributed by atoms with Crippen LogP contribution < -0.4 is 5.32 Å². The van der Waals surface area contributed by atoms with Crippen molar-refractivity contribution in [1.82, 2.24) is 4.90 Å². The molecule has 1 saturated heterocycles. The lowest BCUT2D eigenvalue weighted by atomic mass is 10.1. The van der Waals surface area contributed by atoms with E-state index in [2.05, 4.69) is 57.5 Å². The van der Waals surface area contributed by atoms with Crippen LogP contribution in [0.2, 0.25) is 0 Å². The summed E-state index contributed by atoms with van der Waals surface area (Å²) in [6.07, 6.45) is 2.57. The van der Waals surface area contributed by atoms with Crippen molar-refractivity contribution in [3.8, 4) is 0 Å². The molecule has 1 aromatic rings. The standard InChI is InChI=1S/C12H17BrN2/c1-15-8-2-3-12(9-15)14-11-6-4-10(13)5-7-11/h4-7,12,14H,2-3,8-9H2,1H3/t12-/m0/s1. The molecule has 0 saturated carbocycles. The summed E-state index contributed by atoms with van der Waals surface area (Å²) in [6.45, 7) is 2.38. The quantitative estimate of drug-likeness (QED) is 0.888. The van der Waals surface area contributed by atoms with E-state index < -0.39 is 0 Å². The van der Waals surface area contributed by atoms with Crippen molar-refractivity contribution in [2.75, 3.05) is 25.5 Å². The van der Waals surface area contributed by atoms with Crippen molar-refractivity contribution in [2.24, 2.45) is 0 Å². The number of halogens is 1. The Labute approximate surface area is 99.8 Å². The first-order valence-electron chi connectivity index (χ1n) is 5.45. The fourth-order valence-electron chi connectivity index (χ4n) is 2.07. The van der Waals surface area contributed by atoms with Crippen LogP contribution in [-0.4, -0.2) is 31.1 Å². The van der Waals surface area contributed by atoms with Crippen LogP contribution >= 0.6 is 15.9 Å². The van der Waals surface area contributed by atoms with E-state index in [-0.39, 0.29) is 0 Å². The molecule has 0 amide bonds. The molecule has 0 radical (unpaired) electrons. The molecule has 1 fully saturated rings. The van der Waals surface area contributed by atoms with Gasteiger partial charge in [0.15, 0.2) is 0 Å². The van der Waals surface area contributed by atoms with E-state index in [1.807, 2.05) is 0 Å². The molecule has 82 valence electrons. The predicted octanol–water partition coefficient (Wildman–Crippen LogP) is 2.96. The average Bonchev–Trinajstić information content (AvgIpc) is 2.22. The van der Waals surface area contributed by atoms with E-state index in [1.165, 1.54) is 25.1 Å². The van der Waals surface area contributed by atoms with E-state index in [1.54, 1.807) is 0 Å². The van der Waals surface area contributed by atoms with Crippen molar-refractivity contribution in [2.45, 2.75) is 18.9 Å². The molecule has 0 aliphatic carbocycles. The monoisotopic (exact) mass is 268 g/mol. The molecule has 1 aliphatic heterocycles. The first-order valence-corrected chi connectivity index (χ1v) is 6.24. The summed E-state index contributed by atoms with van der Waals surface area (Å²) in [6, 6.07) is 9.01. The number of benzene rings is 1. The number of rotatable bonds is 2. The van der Waals surface area contributed by atoms with Crippen molar-refractivity contribution < 1.29 is 0 Å². The van der Waals surface area contributed by atoms with Crippen LogP contribution in [0.5, 0.6) is 0 Å². The number of hydrogen-bond donors (Lipinski definition) is 1. The molecule has 3 heteroatoms. The fourth-order valence-corrected chi connectivity index (χ4v) is 2.33. The Morgan fingerprint density at radius 1 is 1.33 bits per heavy atom. The summed E-state index contributed by atoms with van der Waals surface area (Å²) in [4.78, 5) is 2.39. The molecule has 0 unspecified atom stereocenters. The van der Waals surface area contributed by atoms with Crippen LogP contribution in [0.25, 0.3) is 0 Å². The number of hydrogen-bond acceptors (Lipinski definition) is 2. The maximum atomic E-state index is 3.58. The molecule has 1 aromatic carbocycles. The maximum Gasteiger partial charge on any atom is 0.0388 e. The van der Waals surface area contributed by atoms with Gasteiger partial charge >= 0.3 is 0 Å². The van der Waals surface area contributed by atoms with Gasteiger partial charge in [0, 0.05) is 22.7 Å². The molecule has 1 heterocycles. The van der Waals surface area contributed by atoms with Gasteiger partial charge in [0.2, 0.25) is 0 Å². The highest BCUT2D eigenvalue weighted by molar-refractivity contribution is 9.10. The first-order chi connectivity index (χ1) is 7.24. The second-order valence-electron chi connectivity index (χ2n) is 4.25. The Morgan fingerprint density at radius 3 is 2.73 bits per heavy atom. The molecule has 2 rings (SSSR count). The van der Waals surface area contributed by atoms with Crippen molar-refractivity contribution in [3.05, 3.63) is 28.7 Å². The van der Waals surface area contributed by atoms with Crippen LogP contribution in [0.15, 0.2) is 28.7 Å². The van der Waals surface area contributed by atoms with E-state index in [0.717, 1.165) is 11.0 Å². The normalized spacial score (nSPS) is 22.7. The Morgan fingerprint density at radius 2 is 2.07 bits per heavy atom. The van der Waals surface area contributed by atoms with E-state index in [9.17, 15) is 0 Å². The SMILES string of the molecule is CN1CCC[C@H](Nc2ccc(Br)cc2)C1. The lowest BCUT2D eigenvalue weighted by Crippen LogP contribution is -2.39. The summed E-state index contributed by atoms with van der Waals surface area (Å²) in [5.74, 6) is 0. The Balaban J connectivity index is 1.93. The highest BCUT2D eigenvalue weighted by Crippen LogP contribution is 2.17. The van der Waals surface area contributed by atoms with Gasteiger partial charge in [0.25, 0.3) is 0 Å². The molecule has 1 N–H and O–H groups in total. The molecular formula is C12H17BrN2. The third-order valence-corrected chi connectivity index (χ3v) is 3.37. The number of anilines is 1. The van der Waals surface area contributed by atoms with Gasteiger partial charge < -0.3 is 10.2 Å². The second-order valence-corrected chi connectivity index (χ2v) is 5.17. The zero-order valence-corrected chi connectivity index (χ0v) is 10.6. The zero-order valence-electron chi connectivity index (χ0n) is 9.04. The second kappa shape index (κ2) is 4.99. The minimum absolute atomic E-state index is 0.602. The van der Waals surface area contributed by atoms with Gasteiger partial charge in [0.05, 0.1) is 0 Å². The van der Waals surface area contributed by atoms with E-state index in [4.69, 9.17) is 0 Å². The zero-order chi connectivity index (χ0) is 10.7. The summed E-state index contributed by atoms with van der Waals surface area (Å²) in [5, 5.41) is 3.58. The first kappa shape index (κ1) is 11.0. The third kappa shape index (κ3) is 3.21. The van der Waals surface area contributed by atoms with E-state index >= 15 is 0 Å². The molecule has 15 heavy (non-hydrogen) atoms. The van der Waals surface area contributed by atoms with Crippen LogP contribution in [0.4, 0.5) is 5.69 Å². The van der Waals surface area contributed by atoms with Gasteiger partial charge in [0.1, 0.15) is 0 Å². The minimum atomic E-state index is 0.602.